The number of ether oxygens (including phenoxy) is 1. The first-order valence-corrected chi connectivity index (χ1v) is 14.9. The molecule has 0 aromatic heterocycles. The summed E-state index contributed by atoms with van der Waals surface area (Å²) < 4.78 is 5.64. The summed E-state index contributed by atoms with van der Waals surface area (Å²) in [5.74, 6) is -1.59. The Balaban J connectivity index is 1.49. The largest absolute Gasteiger partial charge is 0.490 e. The van der Waals surface area contributed by atoms with Crippen molar-refractivity contribution in [2.45, 2.75) is 17.5 Å². The molecule has 7 rings (SSSR count). The number of benzene rings is 4. The number of Topliss-reactive ketones (excluding diaryl/α,β-unsaturated/α-hetero) is 2. The van der Waals surface area contributed by atoms with Crippen LogP contribution >= 0.6 is 23.2 Å². The average Bonchev–Trinajstić information content (AvgIpc) is 3.51. The summed E-state index contributed by atoms with van der Waals surface area (Å²) >= 11 is 12.8. The fourth-order valence-corrected chi connectivity index (χ4v) is 7.57. The van der Waals surface area contributed by atoms with Crippen molar-refractivity contribution in [3.05, 3.63) is 148 Å². The van der Waals surface area contributed by atoms with Crippen molar-refractivity contribution in [2.24, 2.45) is 5.92 Å². The Morgan fingerprint density at radius 1 is 0.955 bits per heavy atom. The van der Waals surface area contributed by atoms with Crippen LogP contribution in [0.2, 0.25) is 10.0 Å². The van der Waals surface area contributed by atoms with Crippen LogP contribution < -0.4 is 10.1 Å². The van der Waals surface area contributed by atoms with Gasteiger partial charge in [0.1, 0.15) is 23.8 Å². The molecule has 6 nitrogen and oxygen atoms in total. The number of rotatable bonds is 7. The first-order valence-electron chi connectivity index (χ1n) is 14.2. The van der Waals surface area contributed by atoms with Gasteiger partial charge in [-0.1, -0.05) is 78.3 Å². The summed E-state index contributed by atoms with van der Waals surface area (Å²) in [6, 6.07) is 24.9. The maximum atomic E-state index is 14.9. The molecular weight excluding hydrogens is 595 g/mol. The maximum Gasteiger partial charge on any atom is 0.238 e. The molecule has 3 aliphatic rings. The zero-order valence-electron chi connectivity index (χ0n) is 23.4. The van der Waals surface area contributed by atoms with Crippen molar-refractivity contribution in [2.75, 3.05) is 11.9 Å². The Morgan fingerprint density at radius 2 is 1.70 bits per heavy atom. The first kappa shape index (κ1) is 28.1. The summed E-state index contributed by atoms with van der Waals surface area (Å²) in [6.07, 6.45) is 5.38. The minimum Gasteiger partial charge on any atom is -0.490 e. The molecule has 4 aromatic rings. The SMILES string of the molecule is C=CCOc1ccc(C(=O)[C@@H]2[C@H](C(=O)c3ccc(Cl)cc3Cl)N3C=Cc4ccccc4[C@H]3[C@@]23C(=O)Nc2ccccc23)cc1. The third-order valence-corrected chi connectivity index (χ3v) is 9.37. The Bertz CT molecular complexity index is 1890. The van der Waals surface area contributed by atoms with Crippen LogP contribution in [0.1, 0.15) is 43.4 Å². The van der Waals surface area contributed by atoms with Crippen LogP contribution in [-0.4, -0.2) is 35.0 Å². The van der Waals surface area contributed by atoms with Crippen molar-refractivity contribution in [1.29, 1.82) is 0 Å². The van der Waals surface area contributed by atoms with Crippen molar-refractivity contribution in [1.82, 2.24) is 4.90 Å². The van der Waals surface area contributed by atoms with E-state index in [9.17, 15) is 14.4 Å². The van der Waals surface area contributed by atoms with E-state index in [4.69, 9.17) is 27.9 Å². The van der Waals surface area contributed by atoms with Crippen LogP contribution in [-0.2, 0) is 10.2 Å². The van der Waals surface area contributed by atoms with Crippen molar-refractivity contribution >= 4 is 52.4 Å². The van der Waals surface area contributed by atoms with E-state index >= 15 is 0 Å². The Morgan fingerprint density at radius 3 is 2.48 bits per heavy atom. The van der Waals surface area contributed by atoms with Crippen LogP contribution in [0.4, 0.5) is 5.69 Å². The number of hydrogen-bond donors (Lipinski definition) is 1. The molecule has 1 N–H and O–H groups in total. The number of ketones is 2. The number of para-hydroxylation sites is 1. The highest BCUT2D eigenvalue weighted by Gasteiger charge is 2.70. The number of amides is 1. The summed E-state index contributed by atoms with van der Waals surface area (Å²) in [6.45, 7) is 3.99. The van der Waals surface area contributed by atoms with Crippen LogP contribution in [0.5, 0.6) is 5.75 Å². The van der Waals surface area contributed by atoms with Gasteiger partial charge in [0.25, 0.3) is 0 Å². The van der Waals surface area contributed by atoms with Gasteiger partial charge in [0.15, 0.2) is 11.6 Å². The number of halogens is 2. The van der Waals surface area contributed by atoms with E-state index < -0.39 is 23.4 Å². The molecule has 4 aromatic carbocycles. The van der Waals surface area contributed by atoms with Crippen molar-refractivity contribution in [3.63, 3.8) is 0 Å². The molecular formula is C36H26Cl2N2O4. The molecule has 8 heteroatoms. The molecule has 1 fully saturated rings. The molecule has 0 bridgehead atoms. The summed E-state index contributed by atoms with van der Waals surface area (Å²) in [5.41, 5.74) is 2.20. The zero-order valence-corrected chi connectivity index (χ0v) is 24.9. The number of anilines is 1. The van der Waals surface area contributed by atoms with E-state index in [0.717, 1.165) is 11.1 Å². The lowest BCUT2D eigenvalue weighted by Gasteiger charge is -2.38. The predicted octanol–water partition coefficient (Wildman–Crippen LogP) is 7.54. The topological polar surface area (TPSA) is 75.7 Å². The molecule has 4 atom stereocenters. The average molecular weight is 622 g/mol. The predicted molar refractivity (Wildman–Crippen MR) is 171 cm³/mol. The van der Waals surface area contributed by atoms with Gasteiger partial charge < -0.3 is 15.0 Å². The highest BCUT2D eigenvalue weighted by Crippen LogP contribution is 2.62. The Kier molecular flexibility index (Phi) is 6.91. The minimum atomic E-state index is -1.44. The number of carbonyl (C=O) groups is 3. The molecule has 1 saturated heterocycles. The van der Waals surface area contributed by atoms with Gasteiger partial charge in [0.2, 0.25) is 5.91 Å². The molecule has 1 spiro atoms. The lowest BCUT2D eigenvalue weighted by Crippen LogP contribution is -2.49. The molecule has 0 saturated carbocycles. The quantitative estimate of drug-likeness (QED) is 0.171. The third kappa shape index (κ3) is 4.13. The minimum absolute atomic E-state index is 0.174. The molecule has 0 aliphatic carbocycles. The van der Waals surface area contributed by atoms with Gasteiger partial charge in [-0.3, -0.25) is 14.4 Å². The first-order chi connectivity index (χ1) is 21.4. The smallest absolute Gasteiger partial charge is 0.238 e. The number of carbonyl (C=O) groups excluding carboxylic acids is 3. The molecule has 3 aliphatic heterocycles. The van der Waals surface area contributed by atoms with E-state index in [2.05, 4.69) is 11.9 Å². The van der Waals surface area contributed by atoms with E-state index in [1.165, 1.54) is 6.07 Å². The molecule has 1 amide bonds. The van der Waals surface area contributed by atoms with Crippen LogP contribution in [0.25, 0.3) is 6.08 Å². The van der Waals surface area contributed by atoms with Gasteiger partial charge in [-0.2, -0.15) is 0 Å². The molecule has 0 unspecified atom stereocenters. The molecule has 0 radical (unpaired) electrons. The number of hydrogen-bond acceptors (Lipinski definition) is 5. The molecule has 44 heavy (non-hydrogen) atoms. The second kappa shape index (κ2) is 10.8. The fraction of sp³-hybridized carbons (Fsp3) is 0.139. The number of nitrogens with zero attached hydrogens (tertiary/aromatic N) is 1. The van der Waals surface area contributed by atoms with Crippen LogP contribution in [0, 0.1) is 5.92 Å². The lowest BCUT2D eigenvalue weighted by atomic mass is 9.62. The Labute approximate surface area is 264 Å². The normalized spacial score (nSPS) is 22.6. The van der Waals surface area contributed by atoms with E-state index in [0.29, 0.717) is 34.2 Å². The van der Waals surface area contributed by atoms with Crippen LogP contribution in [0.15, 0.2) is 110 Å². The van der Waals surface area contributed by atoms with Crippen LogP contribution in [0.3, 0.4) is 0 Å². The highest BCUT2D eigenvalue weighted by molar-refractivity contribution is 6.37. The van der Waals surface area contributed by atoms with E-state index in [1.807, 2.05) is 65.7 Å². The summed E-state index contributed by atoms with van der Waals surface area (Å²) in [4.78, 5) is 46.1. The standard InChI is InChI=1S/C36H26Cl2N2O4/c1-2-19-44-24-14-11-22(12-15-24)32(41)30-31(33(42)26-16-13-23(37)20-28(26)38)40-18-17-21-7-3-4-8-25(21)34(40)36(30)27-9-5-6-10-29(27)39-35(36)43/h2-18,20,30-31,34H,1,19H2,(H,39,43)/t30-,31+,34-,36-/m0/s1. The number of nitrogens with one attached hydrogen (secondary N) is 1. The maximum absolute atomic E-state index is 14.9. The van der Waals surface area contributed by atoms with Gasteiger partial charge in [0.05, 0.1) is 17.0 Å². The molecule has 218 valence electrons. The van der Waals surface area contributed by atoms with E-state index in [1.54, 1.807) is 42.5 Å². The van der Waals surface area contributed by atoms with E-state index in [-0.39, 0.29) is 28.1 Å². The fourth-order valence-electron chi connectivity index (χ4n) is 7.07. The summed E-state index contributed by atoms with van der Waals surface area (Å²) in [5, 5.41) is 3.61. The second-order valence-electron chi connectivity index (χ2n) is 11.1. The monoisotopic (exact) mass is 620 g/mol. The zero-order chi connectivity index (χ0) is 30.6. The summed E-state index contributed by atoms with van der Waals surface area (Å²) in [7, 11) is 0. The van der Waals surface area contributed by atoms with Gasteiger partial charge in [0, 0.05) is 28.0 Å². The third-order valence-electron chi connectivity index (χ3n) is 8.82. The second-order valence-corrected chi connectivity index (χ2v) is 11.9. The van der Waals surface area contributed by atoms with Gasteiger partial charge in [-0.15, -0.1) is 0 Å². The van der Waals surface area contributed by atoms with Crippen molar-refractivity contribution < 1.29 is 19.1 Å². The highest BCUT2D eigenvalue weighted by atomic mass is 35.5. The molecule has 3 heterocycles. The van der Waals surface area contributed by atoms with Crippen molar-refractivity contribution in [3.8, 4) is 5.75 Å². The van der Waals surface area contributed by atoms with Gasteiger partial charge in [-0.05, 0) is 71.3 Å². The van der Waals surface area contributed by atoms with Gasteiger partial charge in [-0.25, -0.2) is 0 Å². The lowest BCUT2D eigenvalue weighted by molar-refractivity contribution is -0.122. The Hall–Kier alpha value is -4.65. The number of fused-ring (bicyclic) bond motifs is 6. The van der Waals surface area contributed by atoms with Gasteiger partial charge >= 0.3 is 0 Å².